The molecule has 1 heterocycles. The molecule has 41 heavy (non-hydrogen) atoms. The van der Waals surface area contributed by atoms with Crippen LogP contribution in [0.25, 0.3) is 0 Å². The summed E-state index contributed by atoms with van der Waals surface area (Å²) >= 11 is 0. The van der Waals surface area contributed by atoms with Gasteiger partial charge in [0.25, 0.3) is 10.1 Å². The first-order chi connectivity index (χ1) is 19.9. The SMILES string of the molecule is O=S(=O)(O)c1ccccc1.Oc1ccc2c(c1)CC[C@H](c1ccccc1)[C@@H]2c1ccc(OCCN2CCCC2)cc1. The van der Waals surface area contributed by atoms with Gasteiger partial charge in [-0.2, -0.15) is 8.42 Å². The van der Waals surface area contributed by atoms with Crippen LogP contribution >= 0.6 is 0 Å². The van der Waals surface area contributed by atoms with Crippen LogP contribution in [0.3, 0.4) is 0 Å². The molecule has 4 aromatic carbocycles. The van der Waals surface area contributed by atoms with Crippen LogP contribution in [-0.2, 0) is 16.5 Å². The summed E-state index contributed by atoms with van der Waals surface area (Å²) in [4.78, 5) is 2.41. The first-order valence-corrected chi connectivity index (χ1v) is 15.7. The van der Waals surface area contributed by atoms with Crippen molar-refractivity contribution >= 4 is 10.1 Å². The van der Waals surface area contributed by atoms with Gasteiger partial charge in [-0.15, -0.1) is 0 Å². The minimum Gasteiger partial charge on any atom is -0.508 e. The van der Waals surface area contributed by atoms with E-state index in [1.54, 1.807) is 18.2 Å². The molecule has 6 nitrogen and oxygen atoms in total. The standard InChI is InChI=1S/C28H31NO2.C6H6O3S/c30-24-11-15-27-23(20-24)10-14-26(21-6-2-1-3-7-21)28(27)22-8-12-25(13-9-22)31-19-18-29-16-4-5-17-29;7-10(8,9)6-4-2-1-3-5-6/h1-3,6-9,11-13,15,20,26,28,30H,4-5,10,14,16-19H2;1-5H,(H,7,8,9)/t26-,28+;/m1./s1. The average Bonchev–Trinajstić information content (AvgIpc) is 3.51. The highest BCUT2D eigenvalue weighted by Gasteiger charge is 2.32. The predicted molar refractivity (Wildman–Crippen MR) is 161 cm³/mol. The second kappa shape index (κ2) is 13.3. The Balaban J connectivity index is 0.000000287. The topological polar surface area (TPSA) is 87.1 Å². The van der Waals surface area contributed by atoms with Crippen molar-refractivity contribution in [2.75, 3.05) is 26.2 Å². The van der Waals surface area contributed by atoms with Crippen molar-refractivity contribution in [2.24, 2.45) is 0 Å². The summed E-state index contributed by atoms with van der Waals surface area (Å²) in [6.45, 7) is 4.18. The van der Waals surface area contributed by atoms with Crippen LogP contribution < -0.4 is 4.74 Å². The maximum atomic E-state index is 10.4. The molecule has 0 unspecified atom stereocenters. The van der Waals surface area contributed by atoms with Crippen molar-refractivity contribution in [1.29, 1.82) is 0 Å². The average molecular weight is 572 g/mol. The van der Waals surface area contributed by atoms with Gasteiger partial charge in [-0.3, -0.25) is 9.45 Å². The van der Waals surface area contributed by atoms with Crippen LogP contribution in [0.1, 0.15) is 53.4 Å². The zero-order chi connectivity index (χ0) is 28.7. The van der Waals surface area contributed by atoms with Gasteiger partial charge in [0.15, 0.2) is 0 Å². The lowest BCUT2D eigenvalue weighted by Crippen LogP contribution is -2.25. The molecule has 0 spiro atoms. The molecular weight excluding hydrogens is 534 g/mol. The van der Waals surface area contributed by atoms with Crippen LogP contribution in [0, 0.1) is 0 Å². The number of likely N-dealkylation sites (tertiary alicyclic amines) is 1. The van der Waals surface area contributed by atoms with Crippen molar-refractivity contribution < 1.29 is 22.8 Å². The van der Waals surface area contributed by atoms with Gasteiger partial charge in [-0.05, 0) is 103 Å². The van der Waals surface area contributed by atoms with Gasteiger partial charge in [0.05, 0.1) is 4.90 Å². The van der Waals surface area contributed by atoms with E-state index >= 15 is 0 Å². The molecular formula is C34H37NO5S. The Morgan fingerprint density at radius 1 is 0.805 bits per heavy atom. The lowest BCUT2D eigenvalue weighted by Gasteiger charge is -2.35. The summed E-state index contributed by atoms with van der Waals surface area (Å²) in [7, 11) is -4.00. The highest BCUT2D eigenvalue weighted by atomic mass is 32.2. The molecule has 2 aliphatic rings. The molecule has 1 aliphatic heterocycles. The van der Waals surface area contributed by atoms with Crippen LogP contribution in [0.4, 0.5) is 0 Å². The first-order valence-electron chi connectivity index (χ1n) is 14.2. The number of aryl methyl sites for hydroxylation is 1. The number of phenolic OH excluding ortho intramolecular Hbond substituents is 1. The largest absolute Gasteiger partial charge is 0.508 e. The van der Waals surface area contributed by atoms with Gasteiger partial charge in [-0.1, -0.05) is 66.7 Å². The Morgan fingerprint density at radius 3 is 2.10 bits per heavy atom. The van der Waals surface area contributed by atoms with Gasteiger partial charge in [-0.25, -0.2) is 0 Å². The lowest BCUT2D eigenvalue weighted by atomic mass is 9.69. The molecule has 1 aliphatic carbocycles. The maximum Gasteiger partial charge on any atom is 0.294 e. The number of nitrogens with zero attached hydrogens (tertiary/aromatic N) is 1. The van der Waals surface area contributed by atoms with Gasteiger partial charge < -0.3 is 9.84 Å². The van der Waals surface area contributed by atoms with E-state index in [1.807, 2.05) is 12.1 Å². The molecule has 2 atom stereocenters. The summed E-state index contributed by atoms with van der Waals surface area (Å²) < 4.78 is 35.3. The van der Waals surface area contributed by atoms with Crippen molar-refractivity contribution in [2.45, 2.75) is 42.4 Å². The number of ether oxygens (including phenoxy) is 1. The third kappa shape index (κ3) is 7.55. The Labute approximate surface area is 243 Å². The molecule has 6 rings (SSSR count). The van der Waals surface area contributed by atoms with E-state index in [2.05, 4.69) is 65.6 Å². The fourth-order valence-corrected chi connectivity index (χ4v) is 6.44. The van der Waals surface area contributed by atoms with E-state index in [1.165, 1.54) is 60.3 Å². The zero-order valence-corrected chi connectivity index (χ0v) is 23.9. The van der Waals surface area contributed by atoms with Crippen molar-refractivity contribution in [3.63, 3.8) is 0 Å². The summed E-state index contributed by atoms with van der Waals surface area (Å²) in [5.41, 5.74) is 5.30. The zero-order valence-electron chi connectivity index (χ0n) is 23.1. The molecule has 1 fully saturated rings. The molecule has 0 radical (unpaired) electrons. The minimum atomic E-state index is -4.00. The van der Waals surface area contributed by atoms with E-state index < -0.39 is 10.1 Å². The fraction of sp³-hybridized carbons (Fsp3) is 0.294. The Morgan fingerprint density at radius 2 is 1.46 bits per heavy atom. The maximum absolute atomic E-state index is 10.4. The normalized spacial score (nSPS) is 18.7. The highest BCUT2D eigenvalue weighted by Crippen LogP contribution is 2.47. The third-order valence-electron chi connectivity index (χ3n) is 7.97. The second-order valence-electron chi connectivity index (χ2n) is 10.7. The van der Waals surface area contributed by atoms with E-state index in [9.17, 15) is 13.5 Å². The third-order valence-corrected chi connectivity index (χ3v) is 8.84. The van der Waals surface area contributed by atoms with Crippen molar-refractivity contribution in [3.8, 4) is 11.5 Å². The quantitative estimate of drug-likeness (QED) is 0.241. The molecule has 0 amide bonds. The van der Waals surface area contributed by atoms with Crippen molar-refractivity contribution in [1.82, 2.24) is 4.90 Å². The van der Waals surface area contributed by atoms with E-state index in [4.69, 9.17) is 9.29 Å². The smallest absolute Gasteiger partial charge is 0.294 e. The molecule has 0 aromatic heterocycles. The number of benzene rings is 4. The Hall–Kier alpha value is -3.65. The van der Waals surface area contributed by atoms with Crippen LogP contribution in [0.2, 0.25) is 0 Å². The number of rotatable bonds is 7. The summed E-state index contributed by atoms with van der Waals surface area (Å²) in [6.07, 6.45) is 4.71. The number of hydrogen-bond acceptors (Lipinski definition) is 5. The molecule has 0 bridgehead atoms. The van der Waals surface area contributed by atoms with E-state index in [-0.39, 0.29) is 10.8 Å². The molecule has 214 valence electrons. The molecule has 4 aromatic rings. The van der Waals surface area contributed by atoms with E-state index in [0.29, 0.717) is 11.7 Å². The van der Waals surface area contributed by atoms with Gasteiger partial charge in [0.2, 0.25) is 0 Å². The number of hydrogen-bond donors (Lipinski definition) is 2. The van der Waals surface area contributed by atoms with Crippen molar-refractivity contribution in [3.05, 3.63) is 125 Å². The minimum absolute atomic E-state index is 0.0741. The van der Waals surface area contributed by atoms with Crippen LogP contribution in [0.15, 0.2) is 108 Å². The lowest BCUT2D eigenvalue weighted by molar-refractivity contribution is 0.237. The summed E-state index contributed by atoms with van der Waals surface area (Å²) in [5.74, 6) is 2.02. The predicted octanol–water partition coefficient (Wildman–Crippen LogP) is 6.66. The number of fused-ring (bicyclic) bond motifs is 1. The highest BCUT2D eigenvalue weighted by molar-refractivity contribution is 7.85. The Kier molecular flexibility index (Phi) is 9.39. The fourth-order valence-electron chi connectivity index (χ4n) is 5.94. The van der Waals surface area contributed by atoms with Crippen LogP contribution in [-0.4, -0.2) is 49.2 Å². The molecule has 7 heteroatoms. The Bertz CT molecular complexity index is 1500. The first kappa shape index (κ1) is 28.9. The van der Waals surface area contributed by atoms with Gasteiger partial charge in [0, 0.05) is 12.5 Å². The number of phenols is 1. The van der Waals surface area contributed by atoms with E-state index in [0.717, 1.165) is 31.7 Å². The van der Waals surface area contributed by atoms with Gasteiger partial charge >= 0.3 is 0 Å². The second-order valence-corrected chi connectivity index (χ2v) is 12.1. The number of aromatic hydroxyl groups is 1. The summed E-state index contributed by atoms with van der Waals surface area (Å²) in [6, 6.07) is 32.9. The van der Waals surface area contributed by atoms with Gasteiger partial charge in [0.1, 0.15) is 18.1 Å². The monoisotopic (exact) mass is 571 g/mol. The molecule has 2 N–H and O–H groups in total. The summed E-state index contributed by atoms with van der Waals surface area (Å²) in [5, 5.41) is 10.0. The van der Waals surface area contributed by atoms with Crippen LogP contribution in [0.5, 0.6) is 11.5 Å². The molecule has 0 saturated carbocycles. The molecule has 1 saturated heterocycles.